The van der Waals surface area contributed by atoms with E-state index in [-0.39, 0.29) is 17.2 Å². The lowest BCUT2D eigenvalue weighted by Gasteiger charge is -2.07. The molecule has 0 aromatic heterocycles. The van der Waals surface area contributed by atoms with Crippen LogP contribution in [-0.2, 0) is 4.79 Å². The van der Waals surface area contributed by atoms with Gasteiger partial charge in [-0.25, -0.2) is 9.82 Å². The second-order valence-corrected chi connectivity index (χ2v) is 6.47. The van der Waals surface area contributed by atoms with Crippen molar-refractivity contribution >= 4 is 55.6 Å². The third kappa shape index (κ3) is 5.30. The maximum absolute atomic E-state index is 13.5. The maximum atomic E-state index is 13.5. The molecule has 0 spiro atoms. The van der Waals surface area contributed by atoms with Gasteiger partial charge >= 0.3 is 0 Å². The third-order valence-electron chi connectivity index (χ3n) is 2.64. The molecule has 2 aromatic rings. The molecule has 0 aliphatic carbocycles. The van der Waals surface area contributed by atoms with Gasteiger partial charge in [-0.1, -0.05) is 33.6 Å². The second-order valence-electron chi connectivity index (χ2n) is 4.29. The number of carbonyl (C=O) groups is 1. The molecule has 120 valence electrons. The van der Waals surface area contributed by atoms with Crippen molar-refractivity contribution in [3.05, 3.63) is 61.7 Å². The van der Waals surface area contributed by atoms with Crippen LogP contribution in [0.1, 0.15) is 5.56 Å². The zero-order valence-corrected chi connectivity index (χ0v) is 15.5. The van der Waals surface area contributed by atoms with Crippen molar-refractivity contribution < 1.29 is 13.9 Å². The Morgan fingerprint density at radius 2 is 2.13 bits per heavy atom. The Hall–Kier alpha value is -1.44. The molecule has 1 N–H and O–H groups in total. The van der Waals surface area contributed by atoms with Gasteiger partial charge in [-0.3, -0.25) is 4.79 Å². The summed E-state index contributed by atoms with van der Waals surface area (Å²) in [6.45, 7) is -0.234. The topological polar surface area (TPSA) is 50.7 Å². The molecule has 0 aliphatic heterocycles. The van der Waals surface area contributed by atoms with Crippen LogP contribution in [0.2, 0.25) is 5.02 Å². The first-order chi connectivity index (χ1) is 11.0. The highest BCUT2D eigenvalue weighted by Gasteiger charge is 2.06. The highest BCUT2D eigenvalue weighted by atomic mass is 79.9. The van der Waals surface area contributed by atoms with Gasteiger partial charge < -0.3 is 4.74 Å². The molecule has 0 saturated heterocycles. The lowest BCUT2D eigenvalue weighted by molar-refractivity contribution is -0.123. The first-order valence-electron chi connectivity index (χ1n) is 6.31. The number of hydrogen-bond acceptors (Lipinski definition) is 3. The first kappa shape index (κ1) is 17.9. The Balaban J connectivity index is 1.89. The van der Waals surface area contributed by atoms with Gasteiger partial charge in [0, 0.05) is 10.0 Å². The number of halogens is 4. The predicted octanol–water partition coefficient (Wildman–Crippen LogP) is 4.53. The predicted molar refractivity (Wildman–Crippen MR) is 94.5 cm³/mol. The van der Waals surface area contributed by atoms with Crippen LogP contribution in [0, 0.1) is 5.82 Å². The fourth-order valence-corrected chi connectivity index (χ4v) is 2.94. The number of rotatable bonds is 5. The molecule has 0 bridgehead atoms. The molecule has 8 heteroatoms. The van der Waals surface area contributed by atoms with E-state index in [1.54, 1.807) is 18.2 Å². The van der Waals surface area contributed by atoms with Crippen LogP contribution < -0.4 is 10.2 Å². The van der Waals surface area contributed by atoms with E-state index < -0.39 is 11.7 Å². The van der Waals surface area contributed by atoms with E-state index in [0.29, 0.717) is 10.2 Å². The summed E-state index contributed by atoms with van der Waals surface area (Å²) >= 11 is 12.5. The quantitative estimate of drug-likeness (QED) is 0.522. The average Bonchev–Trinajstić information content (AvgIpc) is 2.49. The number of nitrogens with one attached hydrogen (secondary N) is 1. The van der Waals surface area contributed by atoms with E-state index in [1.807, 2.05) is 0 Å². The summed E-state index contributed by atoms with van der Waals surface area (Å²) in [5.74, 6) is -0.487. The molecule has 0 atom stereocenters. The number of hydrazone groups is 1. The normalized spacial score (nSPS) is 10.8. The second kappa shape index (κ2) is 8.42. The van der Waals surface area contributed by atoms with E-state index in [2.05, 4.69) is 42.4 Å². The van der Waals surface area contributed by atoms with Crippen LogP contribution in [0.25, 0.3) is 0 Å². The van der Waals surface area contributed by atoms with Crippen molar-refractivity contribution in [3.63, 3.8) is 0 Å². The Kier molecular flexibility index (Phi) is 6.56. The van der Waals surface area contributed by atoms with Crippen LogP contribution in [-0.4, -0.2) is 18.7 Å². The Bertz CT molecular complexity index is 736. The summed E-state index contributed by atoms with van der Waals surface area (Å²) in [4.78, 5) is 11.7. The summed E-state index contributed by atoms with van der Waals surface area (Å²) < 4.78 is 20.4. The first-order valence-corrected chi connectivity index (χ1v) is 8.27. The molecule has 0 radical (unpaired) electrons. The SMILES string of the molecule is O=C(COc1ccc(Br)cc1Br)N/N=C/c1c(F)cccc1Cl. The standard InChI is InChI=1S/C15H10Br2ClFN2O2/c16-9-4-5-14(11(17)6-9)23-8-15(22)21-20-7-10-12(18)2-1-3-13(10)19/h1-7H,8H2,(H,21,22)/b20-7+. The number of ether oxygens (including phenoxy) is 1. The van der Waals surface area contributed by atoms with Crippen LogP contribution >= 0.6 is 43.5 Å². The van der Waals surface area contributed by atoms with Gasteiger partial charge in [0.05, 0.1) is 15.7 Å². The smallest absolute Gasteiger partial charge is 0.277 e. The summed E-state index contributed by atoms with van der Waals surface area (Å²) in [6.07, 6.45) is 1.14. The zero-order valence-electron chi connectivity index (χ0n) is 11.5. The van der Waals surface area contributed by atoms with Crippen LogP contribution in [0.3, 0.4) is 0 Å². The number of nitrogens with zero attached hydrogens (tertiary/aromatic N) is 1. The van der Waals surface area contributed by atoms with Gasteiger partial charge in [0.25, 0.3) is 5.91 Å². The van der Waals surface area contributed by atoms with Crippen molar-refractivity contribution in [2.45, 2.75) is 0 Å². The highest BCUT2D eigenvalue weighted by molar-refractivity contribution is 9.11. The lowest BCUT2D eigenvalue weighted by Crippen LogP contribution is -2.24. The Morgan fingerprint density at radius 3 is 2.83 bits per heavy atom. The minimum Gasteiger partial charge on any atom is -0.483 e. The molecular formula is C15H10Br2ClFN2O2. The van der Waals surface area contributed by atoms with Crippen molar-refractivity contribution in [1.82, 2.24) is 5.43 Å². The zero-order chi connectivity index (χ0) is 16.8. The van der Waals surface area contributed by atoms with E-state index in [4.69, 9.17) is 16.3 Å². The van der Waals surface area contributed by atoms with Crippen LogP contribution in [0.4, 0.5) is 4.39 Å². The van der Waals surface area contributed by atoms with Crippen molar-refractivity contribution in [2.75, 3.05) is 6.61 Å². The van der Waals surface area contributed by atoms with Crippen LogP contribution in [0.5, 0.6) is 5.75 Å². The maximum Gasteiger partial charge on any atom is 0.277 e. The van der Waals surface area contributed by atoms with Crippen molar-refractivity contribution in [3.8, 4) is 5.75 Å². The molecule has 0 aliphatic rings. The molecule has 4 nitrogen and oxygen atoms in total. The molecule has 0 unspecified atom stereocenters. The minimum absolute atomic E-state index is 0.103. The largest absolute Gasteiger partial charge is 0.483 e. The number of carbonyl (C=O) groups excluding carboxylic acids is 1. The van der Waals surface area contributed by atoms with E-state index >= 15 is 0 Å². The van der Waals surface area contributed by atoms with Gasteiger partial charge in [0.2, 0.25) is 0 Å². The fraction of sp³-hybridized carbons (Fsp3) is 0.0667. The molecule has 0 saturated carbocycles. The summed E-state index contributed by atoms with van der Waals surface area (Å²) in [6, 6.07) is 9.56. The summed E-state index contributed by atoms with van der Waals surface area (Å²) in [7, 11) is 0. The van der Waals surface area contributed by atoms with Crippen LogP contribution in [0.15, 0.2) is 50.4 Å². The molecule has 1 amide bonds. The van der Waals surface area contributed by atoms with Gasteiger partial charge in [0.1, 0.15) is 11.6 Å². The van der Waals surface area contributed by atoms with E-state index in [1.165, 1.54) is 18.2 Å². The van der Waals surface area contributed by atoms with Gasteiger partial charge in [-0.15, -0.1) is 0 Å². The average molecular weight is 465 g/mol. The molecule has 23 heavy (non-hydrogen) atoms. The van der Waals surface area contributed by atoms with Crippen molar-refractivity contribution in [2.24, 2.45) is 5.10 Å². The summed E-state index contributed by atoms with van der Waals surface area (Å²) in [5, 5.41) is 3.87. The molecule has 2 aromatic carbocycles. The lowest BCUT2D eigenvalue weighted by atomic mass is 10.2. The molecule has 2 rings (SSSR count). The monoisotopic (exact) mass is 462 g/mol. The van der Waals surface area contributed by atoms with Gasteiger partial charge in [0.15, 0.2) is 6.61 Å². The third-order valence-corrected chi connectivity index (χ3v) is 4.08. The van der Waals surface area contributed by atoms with Gasteiger partial charge in [-0.2, -0.15) is 5.10 Å². The van der Waals surface area contributed by atoms with E-state index in [0.717, 1.165) is 10.7 Å². The Labute approximate surface area is 153 Å². The fourth-order valence-electron chi connectivity index (χ4n) is 1.57. The van der Waals surface area contributed by atoms with Crippen molar-refractivity contribution in [1.29, 1.82) is 0 Å². The number of hydrogen-bond donors (Lipinski definition) is 1. The molecule has 0 fully saturated rings. The number of amides is 1. The summed E-state index contributed by atoms with van der Waals surface area (Å²) in [5.41, 5.74) is 2.35. The highest BCUT2D eigenvalue weighted by Crippen LogP contribution is 2.28. The van der Waals surface area contributed by atoms with E-state index in [9.17, 15) is 9.18 Å². The minimum atomic E-state index is -0.523. The number of benzene rings is 2. The Morgan fingerprint density at radius 1 is 1.35 bits per heavy atom. The van der Waals surface area contributed by atoms with Gasteiger partial charge in [-0.05, 0) is 46.3 Å². The molecular weight excluding hydrogens is 454 g/mol. The molecule has 0 heterocycles.